The predicted octanol–water partition coefficient (Wildman–Crippen LogP) is 6.87. The van der Waals surface area contributed by atoms with Gasteiger partial charge in [0.2, 0.25) is 0 Å². The van der Waals surface area contributed by atoms with Gasteiger partial charge in [-0.05, 0) is 44.4 Å². The van der Waals surface area contributed by atoms with Gasteiger partial charge in [0, 0.05) is 19.1 Å². The molecule has 26 heavy (non-hydrogen) atoms. The van der Waals surface area contributed by atoms with Crippen molar-refractivity contribution >= 4 is 12.6 Å². The standard InChI is InChI=1S/C14H26O.C6H14O.C2H6.CH2O/c1-4-5-9-13(12(2)15)14(3)10-7-6-8-11-14;1-4-7-5-6(2)3;2*1-2/h13H,4-11H2,1-3H3;6H,4-5H2,1-3H3;1-2H3;1H2/t13-;;;/m1.../s1. The van der Waals surface area contributed by atoms with Crippen LogP contribution < -0.4 is 0 Å². The number of carbonyl (C=O) groups is 2. The Morgan fingerprint density at radius 2 is 1.58 bits per heavy atom. The van der Waals surface area contributed by atoms with E-state index in [-0.39, 0.29) is 0 Å². The Hall–Kier alpha value is -0.700. The molecule has 0 spiro atoms. The van der Waals surface area contributed by atoms with Crippen LogP contribution in [0.15, 0.2) is 0 Å². The molecule has 3 heteroatoms. The molecule has 0 amide bonds. The van der Waals surface area contributed by atoms with Gasteiger partial charge in [-0.25, -0.2) is 0 Å². The SMILES string of the molecule is C=O.CC.CCCC[C@H](C(C)=O)C1(C)CCCCC1.CCOCC(C)C. The summed E-state index contributed by atoms with van der Waals surface area (Å²) in [6.45, 7) is 20.4. The van der Waals surface area contributed by atoms with Crippen molar-refractivity contribution in [2.24, 2.45) is 17.3 Å². The minimum absolute atomic E-state index is 0.319. The Morgan fingerprint density at radius 1 is 1.08 bits per heavy atom. The van der Waals surface area contributed by atoms with Gasteiger partial charge in [-0.1, -0.05) is 73.6 Å². The minimum Gasteiger partial charge on any atom is -0.381 e. The third-order valence-electron chi connectivity index (χ3n) is 4.83. The van der Waals surface area contributed by atoms with Crippen molar-refractivity contribution in [1.29, 1.82) is 0 Å². The number of hydrogen-bond acceptors (Lipinski definition) is 3. The number of unbranched alkanes of at least 4 members (excludes halogenated alkanes) is 1. The van der Waals surface area contributed by atoms with Crippen molar-refractivity contribution in [3.05, 3.63) is 0 Å². The second kappa shape index (κ2) is 20.6. The van der Waals surface area contributed by atoms with E-state index >= 15 is 0 Å². The van der Waals surface area contributed by atoms with Crippen LogP contribution in [0.2, 0.25) is 0 Å². The van der Waals surface area contributed by atoms with Gasteiger partial charge < -0.3 is 9.53 Å². The monoisotopic (exact) mass is 372 g/mol. The molecule has 0 aromatic carbocycles. The van der Waals surface area contributed by atoms with Gasteiger partial charge in [0.25, 0.3) is 0 Å². The summed E-state index contributed by atoms with van der Waals surface area (Å²) < 4.78 is 5.09. The first-order valence-electron chi connectivity index (χ1n) is 10.7. The van der Waals surface area contributed by atoms with Crippen LogP contribution >= 0.6 is 0 Å². The van der Waals surface area contributed by atoms with E-state index in [9.17, 15) is 4.79 Å². The zero-order valence-corrected chi connectivity index (χ0v) is 19.2. The highest BCUT2D eigenvalue weighted by atomic mass is 16.5. The van der Waals surface area contributed by atoms with Gasteiger partial charge in [0.15, 0.2) is 0 Å². The summed E-state index contributed by atoms with van der Waals surface area (Å²) in [6, 6.07) is 0. The highest BCUT2D eigenvalue weighted by Crippen LogP contribution is 2.44. The molecule has 0 aromatic rings. The maximum atomic E-state index is 11.8. The van der Waals surface area contributed by atoms with Crippen LogP contribution in [-0.2, 0) is 14.3 Å². The van der Waals surface area contributed by atoms with Crippen LogP contribution in [0, 0.1) is 17.3 Å². The Bertz CT molecular complexity index is 294. The Morgan fingerprint density at radius 3 is 1.88 bits per heavy atom. The quantitative estimate of drug-likeness (QED) is 0.467. The topological polar surface area (TPSA) is 43.4 Å². The molecule has 1 fully saturated rings. The van der Waals surface area contributed by atoms with E-state index in [0.29, 0.717) is 23.0 Å². The highest BCUT2D eigenvalue weighted by molar-refractivity contribution is 5.79. The van der Waals surface area contributed by atoms with Crippen LogP contribution in [0.25, 0.3) is 0 Å². The lowest BCUT2D eigenvalue weighted by atomic mass is 9.64. The van der Waals surface area contributed by atoms with Gasteiger partial charge in [-0.2, -0.15) is 0 Å². The molecule has 1 atom stereocenters. The number of carbonyl (C=O) groups excluding carboxylic acids is 2. The first-order valence-corrected chi connectivity index (χ1v) is 10.7. The molecule has 0 radical (unpaired) electrons. The second-order valence-corrected chi connectivity index (χ2v) is 7.57. The maximum absolute atomic E-state index is 11.8. The molecule has 0 unspecified atom stereocenters. The third-order valence-corrected chi connectivity index (χ3v) is 4.83. The third kappa shape index (κ3) is 15.5. The van der Waals surface area contributed by atoms with Gasteiger partial charge >= 0.3 is 0 Å². The highest BCUT2D eigenvalue weighted by Gasteiger charge is 2.37. The molecule has 0 aliphatic heterocycles. The fourth-order valence-electron chi connectivity index (χ4n) is 3.51. The molecule has 1 aliphatic carbocycles. The maximum Gasteiger partial charge on any atom is 0.133 e. The largest absolute Gasteiger partial charge is 0.381 e. The number of hydrogen-bond donors (Lipinski definition) is 0. The van der Waals surface area contributed by atoms with Crippen LogP contribution in [0.5, 0.6) is 0 Å². The van der Waals surface area contributed by atoms with E-state index in [4.69, 9.17) is 9.53 Å². The average molecular weight is 373 g/mol. The van der Waals surface area contributed by atoms with E-state index in [2.05, 4.69) is 27.7 Å². The summed E-state index contributed by atoms with van der Waals surface area (Å²) in [5.74, 6) is 1.44. The first-order chi connectivity index (χ1) is 12.4. The normalized spacial score (nSPS) is 16.0. The molecule has 1 rings (SSSR count). The molecule has 1 aliphatic rings. The predicted molar refractivity (Wildman–Crippen MR) is 115 cm³/mol. The number of Topliss-reactive ketones (excluding diaryl/α,β-unsaturated/α-hetero) is 1. The van der Waals surface area contributed by atoms with E-state index in [1.807, 2.05) is 27.6 Å². The van der Waals surface area contributed by atoms with E-state index in [0.717, 1.165) is 19.6 Å². The zero-order chi connectivity index (χ0) is 21.0. The molecule has 158 valence electrons. The summed E-state index contributed by atoms with van der Waals surface area (Å²) in [6.07, 6.45) is 10.1. The number of rotatable bonds is 8. The van der Waals surface area contributed by atoms with Crippen molar-refractivity contribution in [1.82, 2.24) is 0 Å². The summed E-state index contributed by atoms with van der Waals surface area (Å²) in [7, 11) is 0. The van der Waals surface area contributed by atoms with Crippen molar-refractivity contribution in [3.63, 3.8) is 0 Å². The summed E-state index contributed by atoms with van der Waals surface area (Å²) >= 11 is 0. The smallest absolute Gasteiger partial charge is 0.133 e. The Balaban J connectivity index is -0.000000405. The molecule has 0 aromatic heterocycles. The fraction of sp³-hybridized carbons (Fsp3) is 0.913. The zero-order valence-electron chi connectivity index (χ0n) is 19.2. The number of ether oxygens (including phenoxy) is 1. The van der Waals surface area contributed by atoms with Crippen LogP contribution in [0.4, 0.5) is 0 Å². The van der Waals surface area contributed by atoms with Gasteiger partial charge in [-0.15, -0.1) is 0 Å². The van der Waals surface area contributed by atoms with Gasteiger partial charge in [-0.3, -0.25) is 4.79 Å². The lowest BCUT2D eigenvalue weighted by molar-refractivity contribution is -0.126. The lowest BCUT2D eigenvalue weighted by Gasteiger charge is -2.39. The molecule has 0 N–H and O–H groups in total. The van der Waals surface area contributed by atoms with Crippen molar-refractivity contribution < 1.29 is 14.3 Å². The van der Waals surface area contributed by atoms with Crippen molar-refractivity contribution in [2.75, 3.05) is 13.2 Å². The summed E-state index contributed by atoms with van der Waals surface area (Å²) in [5.41, 5.74) is 0.319. The fourth-order valence-corrected chi connectivity index (χ4v) is 3.51. The number of ketones is 1. The Kier molecular flexibility index (Phi) is 23.8. The molecule has 3 nitrogen and oxygen atoms in total. The van der Waals surface area contributed by atoms with Gasteiger partial charge in [0.1, 0.15) is 12.6 Å². The molecular weight excluding hydrogens is 324 g/mol. The molecule has 0 bridgehead atoms. The molecule has 0 saturated heterocycles. The van der Waals surface area contributed by atoms with Gasteiger partial charge in [0.05, 0.1) is 0 Å². The Labute approximate surface area is 164 Å². The van der Waals surface area contributed by atoms with Crippen LogP contribution in [0.1, 0.15) is 107 Å². The van der Waals surface area contributed by atoms with E-state index in [1.54, 1.807) is 6.92 Å². The first kappa shape index (κ1) is 30.0. The molecule has 1 saturated carbocycles. The van der Waals surface area contributed by atoms with Crippen LogP contribution in [-0.4, -0.2) is 25.8 Å². The van der Waals surface area contributed by atoms with Crippen molar-refractivity contribution in [2.45, 2.75) is 107 Å². The molecule has 0 heterocycles. The molecular formula is C23H48O3. The van der Waals surface area contributed by atoms with E-state index < -0.39 is 0 Å². The van der Waals surface area contributed by atoms with E-state index in [1.165, 1.54) is 44.9 Å². The summed E-state index contributed by atoms with van der Waals surface area (Å²) in [4.78, 5) is 19.8. The lowest BCUT2D eigenvalue weighted by Crippen LogP contribution is -2.34. The van der Waals surface area contributed by atoms with Crippen LogP contribution in [0.3, 0.4) is 0 Å². The minimum atomic E-state index is 0.319. The van der Waals surface area contributed by atoms with Crippen molar-refractivity contribution in [3.8, 4) is 0 Å². The average Bonchev–Trinajstić information content (AvgIpc) is 2.64. The summed E-state index contributed by atoms with van der Waals surface area (Å²) in [5, 5.41) is 0. The second-order valence-electron chi connectivity index (χ2n) is 7.57.